The van der Waals surface area contributed by atoms with Crippen LogP contribution in [0.2, 0.25) is 0 Å². The Morgan fingerprint density at radius 2 is 1.86 bits per heavy atom. The summed E-state index contributed by atoms with van der Waals surface area (Å²) in [7, 11) is 0. The number of aldehydes is 1. The summed E-state index contributed by atoms with van der Waals surface area (Å²) in [5, 5.41) is 0. The van der Waals surface area contributed by atoms with E-state index in [4.69, 9.17) is 4.74 Å². The molecule has 2 nitrogen and oxygen atoms in total. The minimum atomic E-state index is -0.102. The molecule has 0 N–H and O–H groups in total. The van der Waals surface area contributed by atoms with Crippen LogP contribution in [0.5, 0.6) is 0 Å². The van der Waals surface area contributed by atoms with Crippen LogP contribution in [-0.2, 0) is 9.53 Å². The van der Waals surface area contributed by atoms with Crippen molar-refractivity contribution in [3.63, 3.8) is 0 Å². The molecule has 1 aliphatic carbocycles. The first-order chi connectivity index (χ1) is 6.88. The average Bonchev–Trinajstić information content (AvgIpc) is 2.71. The van der Waals surface area contributed by atoms with Crippen molar-refractivity contribution in [1.82, 2.24) is 0 Å². The van der Waals surface area contributed by atoms with Gasteiger partial charge < -0.3 is 9.53 Å². The summed E-state index contributed by atoms with van der Waals surface area (Å²) in [6.45, 7) is 0. The first kappa shape index (κ1) is 10.2. The standard InChI is InChI=1S/C12H20O2/c13-9-12-7-3-6-11(14-12)8-10-4-1-2-5-10/h9-12H,1-8H2. The zero-order chi connectivity index (χ0) is 9.80. The van der Waals surface area contributed by atoms with Crippen LogP contribution in [0.1, 0.15) is 51.4 Å². The molecule has 2 rings (SSSR count). The number of carbonyl (C=O) groups excluding carboxylic acids is 1. The van der Waals surface area contributed by atoms with Crippen molar-refractivity contribution in [2.24, 2.45) is 5.92 Å². The molecule has 0 radical (unpaired) electrons. The molecule has 0 spiro atoms. The lowest BCUT2D eigenvalue weighted by Gasteiger charge is -2.28. The van der Waals surface area contributed by atoms with E-state index in [0.29, 0.717) is 6.10 Å². The van der Waals surface area contributed by atoms with Crippen LogP contribution in [0.3, 0.4) is 0 Å². The van der Waals surface area contributed by atoms with Gasteiger partial charge in [0.05, 0.1) is 6.10 Å². The lowest BCUT2D eigenvalue weighted by molar-refractivity contribution is -0.127. The van der Waals surface area contributed by atoms with Crippen molar-refractivity contribution >= 4 is 6.29 Å². The van der Waals surface area contributed by atoms with Gasteiger partial charge in [-0.25, -0.2) is 0 Å². The molecule has 0 aromatic heterocycles. The van der Waals surface area contributed by atoms with E-state index in [9.17, 15) is 4.79 Å². The molecular formula is C12H20O2. The van der Waals surface area contributed by atoms with Crippen LogP contribution in [0.25, 0.3) is 0 Å². The van der Waals surface area contributed by atoms with Crippen molar-refractivity contribution in [1.29, 1.82) is 0 Å². The van der Waals surface area contributed by atoms with Gasteiger partial charge in [0.1, 0.15) is 12.4 Å². The molecule has 14 heavy (non-hydrogen) atoms. The zero-order valence-corrected chi connectivity index (χ0v) is 8.78. The van der Waals surface area contributed by atoms with E-state index in [2.05, 4.69) is 0 Å². The molecule has 1 saturated heterocycles. The van der Waals surface area contributed by atoms with Crippen LogP contribution >= 0.6 is 0 Å². The topological polar surface area (TPSA) is 26.3 Å². The second-order valence-electron chi connectivity index (χ2n) is 4.75. The van der Waals surface area contributed by atoms with E-state index in [0.717, 1.165) is 18.6 Å². The third-order valence-corrected chi connectivity index (χ3v) is 3.60. The van der Waals surface area contributed by atoms with Crippen LogP contribution in [-0.4, -0.2) is 18.5 Å². The van der Waals surface area contributed by atoms with E-state index in [-0.39, 0.29) is 6.10 Å². The van der Waals surface area contributed by atoms with Crippen molar-refractivity contribution in [2.45, 2.75) is 63.6 Å². The predicted molar refractivity (Wildman–Crippen MR) is 55.2 cm³/mol. The molecule has 2 fully saturated rings. The summed E-state index contributed by atoms with van der Waals surface area (Å²) >= 11 is 0. The van der Waals surface area contributed by atoms with E-state index in [1.165, 1.54) is 44.9 Å². The molecule has 2 heteroatoms. The maximum absolute atomic E-state index is 10.6. The Morgan fingerprint density at radius 1 is 1.07 bits per heavy atom. The van der Waals surface area contributed by atoms with Gasteiger partial charge in [-0.1, -0.05) is 25.7 Å². The quantitative estimate of drug-likeness (QED) is 0.649. The molecule has 1 heterocycles. The molecule has 80 valence electrons. The molecular weight excluding hydrogens is 176 g/mol. The maximum Gasteiger partial charge on any atom is 0.148 e. The normalized spacial score (nSPS) is 34.6. The summed E-state index contributed by atoms with van der Waals surface area (Å²) < 4.78 is 5.73. The van der Waals surface area contributed by atoms with E-state index >= 15 is 0 Å². The summed E-state index contributed by atoms with van der Waals surface area (Å²) in [6.07, 6.45) is 11.3. The van der Waals surface area contributed by atoms with Crippen molar-refractivity contribution in [3.8, 4) is 0 Å². The number of hydrogen-bond donors (Lipinski definition) is 0. The van der Waals surface area contributed by atoms with Crippen LogP contribution in [0, 0.1) is 5.92 Å². The Kier molecular flexibility index (Phi) is 3.57. The van der Waals surface area contributed by atoms with E-state index < -0.39 is 0 Å². The minimum absolute atomic E-state index is 0.102. The molecule has 0 bridgehead atoms. The highest BCUT2D eigenvalue weighted by atomic mass is 16.5. The Balaban J connectivity index is 1.76. The second-order valence-corrected chi connectivity index (χ2v) is 4.75. The Morgan fingerprint density at radius 3 is 2.57 bits per heavy atom. The molecule has 2 unspecified atom stereocenters. The van der Waals surface area contributed by atoms with Crippen LogP contribution in [0.15, 0.2) is 0 Å². The highest BCUT2D eigenvalue weighted by molar-refractivity contribution is 5.56. The molecule has 0 aromatic carbocycles. The fourth-order valence-electron chi connectivity index (χ4n) is 2.82. The van der Waals surface area contributed by atoms with Gasteiger partial charge in [-0.15, -0.1) is 0 Å². The molecule has 0 aromatic rings. The van der Waals surface area contributed by atoms with Crippen molar-refractivity contribution in [2.75, 3.05) is 0 Å². The molecule has 2 atom stereocenters. The van der Waals surface area contributed by atoms with Gasteiger partial charge in [-0.05, 0) is 31.6 Å². The summed E-state index contributed by atoms with van der Waals surface area (Å²) in [4.78, 5) is 10.6. The fourth-order valence-corrected chi connectivity index (χ4v) is 2.82. The highest BCUT2D eigenvalue weighted by Crippen LogP contribution is 2.32. The number of carbonyl (C=O) groups is 1. The van der Waals surface area contributed by atoms with Gasteiger partial charge in [0.15, 0.2) is 0 Å². The zero-order valence-electron chi connectivity index (χ0n) is 8.78. The fraction of sp³-hybridized carbons (Fsp3) is 0.917. The maximum atomic E-state index is 10.6. The van der Waals surface area contributed by atoms with Gasteiger partial charge in [0, 0.05) is 0 Å². The van der Waals surface area contributed by atoms with Gasteiger partial charge in [-0.3, -0.25) is 0 Å². The van der Waals surface area contributed by atoms with Gasteiger partial charge in [0.2, 0.25) is 0 Å². The summed E-state index contributed by atoms with van der Waals surface area (Å²) in [6, 6.07) is 0. The first-order valence-corrected chi connectivity index (χ1v) is 5.99. The van der Waals surface area contributed by atoms with E-state index in [1.54, 1.807) is 0 Å². The third kappa shape index (κ3) is 2.57. The molecule has 1 saturated carbocycles. The van der Waals surface area contributed by atoms with Gasteiger partial charge in [0.25, 0.3) is 0 Å². The minimum Gasteiger partial charge on any atom is -0.368 e. The lowest BCUT2D eigenvalue weighted by atomic mass is 9.94. The monoisotopic (exact) mass is 196 g/mol. The summed E-state index contributed by atoms with van der Waals surface area (Å²) in [5.74, 6) is 0.880. The number of rotatable bonds is 3. The lowest BCUT2D eigenvalue weighted by Crippen LogP contribution is -2.29. The number of hydrogen-bond acceptors (Lipinski definition) is 2. The largest absolute Gasteiger partial charge is 0.368 e. The number of ether oxygens (including phenoxy) is 1. The Bertz CT molecular complexity index is 185. The molecule has 0 amide bonds. The molecule has 1 aliphatic heterocycles. The third-order valence-electron chi connectivity index (χ3n) is 3.60. The Hall–Kier alpha value is -0.370. The highest BCUT2D eigenvalue weighted by Gasteiger charge is 2.25. The predicted octanol–water partition coefficient (Wildman–Crippen LogP) is 2.70. The van der Waals surface area contributed by atoms with Crippen molar-refractivity contribution < 1.29 is 9.53 Å². The summed E-state index contributed by atoms with van der Waals surface area (Å²) in [5.41, 5.74) is 0. The van der Waals surface area contributed by atoms with Crippen LogP contribution in [0.4, 0.5) is 0 Å². The second kappa shape index (κ2) is 4.92. The first-order valence-electron chi connectivity index (χ1n) is 5.99. The van der Waals surface area contributed by atoms with E-state index in [1.807, 2.05) is 0 Å². The molecule has 2 aliphatic rings. The average molecular weight is 196 g/mol. The smallest absolute Gasteiger partial charge is 0.148 e. The van der Waals surface area contributed by atoms with Crippen LogP contribution < -0.4 is 0 Å². The van der Waals surface area contributed by atoms with Gasteiger partial charge >= 0.3 is 0 Å². The SMILES string of the molecule is O=CC1CCCC(CC2CCCC2)O1. The van der Waals surface area contributed by atoms with Crippen molar-refractivity contribution in [3.05, 3.63) is 0 Å². The Labute approximate surface area is 86.0 Å². The van der Waals surface area contributed by atoms with Gasteiger partial charge in [-0.2, -0.15) is 0 Å².